The number of carbonyl (C=O) groups is 2. The summed E-state index contributed by atoms with van der Waals surface area (Å²) in [5.41, 5.74) is 0.821. The minimum atomic E-state index is -0.369. The highest BCUT2D eigenvalue weighted by Gasteiger charge is 2.36. The maximum absolute atomic E-state index is 13.0. The van der Waals surface area contributed by atoms with Crippen LogP contribution in [-0.2, 0) is 14.3 Å². The highest BCUT2D eigenvalue weighted by atomic mass is 32.1. The van der Waals surface area contributed by atoms with Gasteiger partial charge >= 0.3 is 5.97 Å². The fourth-order valence-corrected chi connectivity index (χ4v) is 4.84. The summed E-state index contributed by atoms with van der Waals surface area (Å²) in [6.07, 6.45) is 6.79. The number of anilines is 1. The van der Waals surface area contributed by atoms with Gasteiger partial charge in [0.2, 0.25) is 5.95 Å². The molecule has 2 aliphatic rings. The van der Waals surface area contributed by atoms with Crippen molar-refractivity contribution in [2.24, 2.45) is 11.0 Å². The van der Waals surface area contributed by atoms with Crippen molar-refractivity contribution in [1.29, 1.82) is 0 Å². The van der Waals surface area contributed by atoms with E-state index in [-0.39, 0.29) is 30.4 Å². The third kappa shape index (κ3) is 4.65. The maximum Gasteiger partial charge on any atom is 0.309 e. The summed E-state index contributed by atoms with van der Waals surface area (Å²) in [7, 11) is 0. The van der Waals surface area contributed by atoms with E-state index in [0.29, 0.717) is 44.1 Å². The lowest BCUT2D eigenvalue weighted by molar-refractivity contribution is -0.156. The number of rotatable bonds is 6. The predicted octanol–water partition coefficient (Wildman–Crippen LogP) is 3.27. The van der Waals surface area contributed by atoms with Crippen LogP contribution in [0.4, 0.5) is 5.95 Å². The number of ether oxygens (including phenoxy) is 1. The fraction of sp³-hybridized carbons (Fsp3) is 0.348. The summed E-state index contributed by atoms with van der Waals surface area (Å²) >= 11 is 1.57. The molecule has 5 heterocycles. The molecule has 1 saturated heterocycles. The molecule has 0 spiro atoms. The average Bonchev–Trinajstić information content (AvgIpc) is 3.63. The Balaban J connectivity index is 1.18. The van der Waals surface area contributed by atoms with Crippen LogP contribution in [0, 0.1) is 5.92 Å². The Morgan fingerprint density at radius 3 is 2.64 bits per heavy atom. The van der Waals surface area contributed by atoms with Crippen molar-refractivity contribution in [3.05, 3.63) is 65.0 Å². The van der Waals surface area contributed by atoms with E-state index in [0.717, 1.165) is 10.6 Å². The van der Waals surface area contributed by atoms with Gasteiger partial charge in [0.25, 0.3) is 5.91 Å². The Morgan fingerprint density at radius 2 is 1.94 bits per heavy atom. The summed E-state index contributed by atoms with van der Waals surface area (Å²) in [5.74, 6) is 0.347. The molecule has 0 radical (unpaired) electrons. The minimum absolute atomic E-state index is 0.248. The van der Waals surface area contributed by atoms with Crippen LogP contribution < -0.4 is 4.90 Å². The van der Waals surface area contributed by atoms with Crippen LogP contribution in [0.5, 0.6) is 0 Å². The number of esters is 1. The van der Waals surface area contributed by atoms with Gasteiger partial charge in [-0.1, -0.05) is 6.07 Å². The number of hydrogen-bond donors (Lipinski definition) is 0. The van der Waals surface area contributed by atoms with Crippen LogP contribution in [-0.4, -0.2) is 52.3 Å². The standard InChI is InChI=1S/C23H23N5O4S/c29-21(15-32-22(30)16-6-10-27(11-7-16)23-24-8-3-9-25-23)28-18(19-4-1-12-31-19)14-17(26-28)20-5-2-13-33-20/h1-5,8-9,12-13,16,18H,6-7,10-11,14-15H2. The molecule has 2 aliphatic heterocycles. The number of thiophene rings is 1. The van der Waals surface area contributed by atoms with Crippen molar-refractivity contribution in [3.63, 3.8) is 0 Å². The van der Waals surface area contributed by atoms with Crippen molar-refractivity contribution in [2.75, 3.05) is 24.6 Å². The third-order valence-electron chi connectivity index (χ3n) is 5.84. The molecule has 5 rings (SSSR count). The molecule has 1 unspecified atom stereocenters. The highest BCUT2D eigenvalue weighted by Crippen LogP contribution is 2.34. The van der Waals surface area contributed by atoms with E-state index in [1.54, 1.807) is 42.1 Å². The minimum Gasteiger partial charge on any atom is -0.467 e. The van der Waals surface area contributed by atoms with Crippen LogP contribution >= 0.6 is 11.3 Å². The van der Waals surface area contributed by atoms with E-state index in [1.165, 1.54) is 5.01 Å². The molecule has 3 aromatic heterocycles. The Morgan fingerprint density at radius 1 is 1.12 bits per heavy atom. The van der Waals surface area contributed by atoms with Gasteiger partial charge in [-0.05, 0) is 42.5 Å². The summed E-state index contributed by atoms with van der Waals surface area (Å²) in [5, 5.41) is 7.90. The summed E-state index contributed by atoms with van der Waals surface area (Å²) < 4.78 is 11.0. The van der Waals surface area contributed by atoms with Crippen LogP contribution in [0.2, 0.25) is 0 Å². The van der Waals surface area contributed by atoms with Gasteiger partial charge in [0, 0.05) is 31.9 Å². The molecule has 10 heteroatoms. The summed E-state index contributed by atoms with van der Waals surface area (Å²) in [6, 6.07) is 8.96. The van der Waals surface area contributed by atoms with E-state index in [9.17, 15) is 9.59 Å². The van der Waals surface area contributed by atoms with Gasteiger partial charge in [-0.25, -0.2) is 15.0 Å². The fourth-order valence-electron chi connectivity index (χ4n) is 4.12. The zero-order valence-corrected chi connectivity index (χ0v) is 18.7. The number of furan rings is 1. The lowest BCUT2D eigenvalue weighted by Crippen LogP contribution is -2.39. The monoisotopic (exact) mass is 465 g/mol. The smallest absolute Gasteiger partial charge is 0.309 e. The van der Waals surface area contributed by atoms with Crippen LogP contribution in [0.15, 0.2) is 63.9 Å². The van der Waals surface area contributed by atoms with Crippen molar-refractivity contribution >= 4 is 34.9 Å². The first kappa shape index (κ1) is 21.3. The first-order chi connectivity index (χ1) is 16.2. The van der Waals surface area contributed by atoms with E-state index in [1.807, 2.05) is 28.5 Å². The van der Waals surface area contributed by atoms with Gasteiger partial charge in [-0.3, -0.25) is 9.59 Å². The van der Waals surface area contributed by atoms with E-state index in [2.05, 4.69) is 15.1 Å². The Kier molecular flexibility index (Phi) is 6.16. The van der Waals surface area contributed by atoms with E-state index < -0.39 is 0 Å². The average molecular weight is 466 g/mol. The molecule has 0 aliphatic carbocycles. The van der Waals surface area contributed by atoms with Gasteiger partial charge in [0.05, 0.1) is 22.8 Å². The molecule has 0 saturated carbocycles. The largest absolute Gasteiger partial charge is 0.467 e. The van der Waals surface area contributed by atoms with Gasteiger partial charge < -0.3 is 14.1 Å². The molecule has 0 N–H and O–H groups in total. The van der Waals surface area contributed by atoms with Crippen LogP contribution in [0.25, 0.3) is 0 Å². The van der Waals surface area contributed by atoms with Crippen LogP contribution in [0.1, 0.15) is 35.9 Å². The Bertz CT molecular complexity index is 1110. The predicted molar refractivity (Wildman–Crippen MR) is 122 cm³/mol. The molecule has 0 aromatic carbocycles. The normalized spacial score (nSPS) is 18.9. The zero-order chi connectivity index (χ0) is 22.6. The first-order valence-corrected chi connectivity index (χ1v) is 11.7. The molecular formula is C23H23N5O4S. The quantitative estimate of drug-likeness (QED) is 0.515. The van der Waals surface area contributed by atoms with Gasteiger partial charge in [0.15, 0.2) is 6.61 Å². The number of carbonyl (C=O) groups excluding carboxylic acids is 2. The number of aromatic nitrogens is 2. The topological polar surface area (TPSA) is 101 Å². The van der Waals surface area contributed by atoms with Gasteiger partial charge in [-0.15, -0.1) is 11.3 Å². The molecule has 1 atom stereocenters. The van der Waals surface area contributed by atoms with Crippen molar-refractivity contribution in [1.82, 2.24) is 15.0 Å². The maximum atomic E-state index is 13.0. The molecule has 3 aromatic rings. The number of nitrogens with zero attached hydrogens (tertiary/aromatic N) is 5. The number of amides is 1. The molecule has 170 valence electrons. The Hall–Kier alpha value is -3.53. The molecule has 1 fully saturated rings. The van der Waals surface area contributed by atoms with Crippen molar-refractivity contribution in [3.8, 4) is 0 Å². The first-order valence-electron chi connectivity index (χ1n) is 10.8. The molecule has 0 bridgehead atoms. The van der Waals surface area contributed by atoms with Crippen molar-refractivity contribution in [2.45, 2.75) is 25.3 Å². The van der Waals surface area contributed by atoms with E-state index >= 15 is 0 Å². The van der Waals surface area contributed by atoms with Gasteiger partial charge in [-0.2, -0.15) is 5.10 Å². The second-order valence-electron chi connectivity index (χ2n) is 7.92. The number of hydrogen-bond acceptors (Lipinski definition) is 9. The molecule has 9 nitrogen and oxygen atoms in total. The van der Waals surface area contributed by atoms with E-state index in [4.69, 9.17) is 9.15 Å². The third-order valence-corrected chi connectivity index (χ3v) is 6.76. The summed E-state index contributed by atoms with van der Waals surface area (Å²) in [4.78, 5) is 37.2. The lowest BCUT2D eigenvalue weighted by atomic mass is 9.97. The van der Waals surface area contributed by atoms with Gasteiger partial charge in [0.1, 0.15) is 11.8 Å². The second-order valence-corrected chi connectivity index (χ2v) is 8.86. The zero-order valence-electron chi connectivity index (χ0n) is 17.9. The molecule has 33 heavy (non-hydrogen) atoms. The Labute approximate surface area is 194 Å². The molecular weight excluding hydrogens is 442 g/mol. The lowest BCUT2D eigenvalue weighted by Gasteiger charge is -2.30. The van der Waals surface area contributed by atoms with Crippen molar-refractivity contribution < 1.29 is 18.7 Å². The molecule has 1 amide bonds. The second kappa shape index (κ2) is 9.53. The number of piperidine rings is 1. The number of hydrazone groups is 1. The highest BCUT2D eigenvalue weighted by molar-refractivity contribution is 7.12. The summed E-state index contributed by atoms with van der Waals surface area (Å²) in [6.45, 7) is 0.983. The van der Waals surface area contributed by atoms with Crippen LogP contribution in [0.3, 0.4) is 0 Å². The SMILES string of the molecule is O=C(OCC(=O)N1N=C(c2cccs2)CC1c1ccco1)C1CCN(c2ncccn2)CC1.